The van der Waals surface area contributed by atoms with E-state index in [1.165, 1.54) is 0 Å². The number of carboxylic acid groups (broad SMARTS) is 1. The van der Waals surface area contributed by atoms with Gasteiger partial charge in [0.2, 0.25) is 11.6 Å². The van der Waals surface area contributed by atoms with Crippen LogP contribution in [-0.4, -0.2) is 60.7 Å². The largest absolute Gasteiger partial charge is 0.481 e. The number of carboxylic acids is 1. The van der Waals surface area contributed by atoms with Crippen LogP contribution < -0.4 is 4.74 Å². The van der Waals surface area contributed by atoms with Crippen LogP contribution in [0.25, 0.3) is 33.2 Å². The third-order valence-corrected chi connectivity index (χ3v) is 6.63. The van der Waals surface area contributed by atoms with Crippen LogP contribution in [0, 0.1) is 5.92 Å². The van der Waals surface area contributed by atoms with Gasteiger partial charge in [-0.15, -0.1) is 0 Å². The summed E-state index contributed by atoms with van der Waals surface area (Å²) in [6, 6.07) is 7.80. The first kappa shape index (κ1) is 23.5. The fourth-order valence-electron chi connectivity index (χ4n) is 4.54. The van der Waals surface area contributed by atoms with Gasteiger partial charge in [-0.3, -0.25) is 4.79 Å². The Hall–Kier alpha value is -4.27. The maximum atomic E-state index is 11.1. The molecule has 9 nitrogen and oxygen atoms in total. The molecule has 1 saturated carbocycles. The van der Waals surface area contributed by atoms with Crippen LogP contribution >= 0.6 is 0 Å². The summed E-state index contributed by atoms with van der Waals surface area (Å²) in [5, 5.41) is 16.3. The van der Waals surface area contributed by atoms with Crippen LogP contribution in [0.4, 0.5) is 0 Å². The number of pyridine rings is 1. The number of rotatable bonds is 7. The number of carbonyl (C=O) groups is 1. The van der Waals surface area contributed by atoms with Crippen molar-refractivity contribution >= 4 is 45.9 Å². The Kier molecular flexibility index (Phi) is 6.37. The molecule has 0 aliphatic heterocycles. The van der Waals surface area contributed by atoms with E-state index in [9.17, 15) is 4.79 Å². The second-order valence-corrected chi connectivity index (χ2v) is 9.30. The van der Waals surface area contributed by atoms with Crippen molar-refractivity contribution in [3.63, 3.8) is 0 Å². The van der Waals surface area contributed by atoms with E-state index in [-0.39, 0.29) is 12.0 Å². The van der Waals surface area contributed by atoms with Gasteiger partial charge in [-0.25, -0.2) is 19.5 Å². The fraction of sp³-hybridized carbons (Fsp3) is 0.296. The lowest BCUT2D eigenvalue weighted by Crippen LogP contribution is -2.28. The highest BCUT2D eigenvalue weighted by Gasteiger charge is 2.27. The molecule has 1 aliphatic carbocycles. The minimum atomic E-state index is -0.716. The molecule has 0 bridgehead atoms. The molecule has 184 valence electrons. The molecule has 3 heterocycles. The molecule has 36 heavy (non-hydrogen) atoms. The molecular weight excluding hydrogens is 456 g/mol. The monoisotopic (exact) mass is 485 g/mol. The third kappa shape index (κ3) is 4.91. The Morgan fingerprint density at radius 2 is 1.92 bits per heavy atom. The number of allylic oxidation sites excluding steroid dienone is 3. The molecule has 0 spiro atoms. The summed E-state index contributed by atoms with van der Waals surface area (Å²) >= 11 is 0. The number of hydrogen-bond acceptors (Lipinski definition) is 5. The molecule has 0 radical (unpaired) electrons. The van der Waals surface area contributed by atoms with Gasteiger partial charge in [-0.2, -0.15) is 0 Å². The quantitative estimate of drug-likeness (QED) is 0.199. The first-order valence-electron chi connectivity index (χ1n) is 12.0. The summed E-state index contributed by atoms with van der Waals surface area (Å²) in [5.41, 5.74) is 5.41. The van der Waals surface area contributed by atoms with Gasteiger partial charge in [0.1, 0.15) is 19.9 Å². The van der Waals surface area contributed by atoms with Crippen molar-refractivity contribution in [3.05, 3.63) is 60.2 Å². The molecule has 0 saturated heterocycles. The van der Waals surface area contributed by atoms with Crippen molar-refractivity contribution < 1.29 is 19.2 Å². The fourth-order valence-corrected chi connectivity index (χ4v) is 4.54. The first-order chi connectivity index (χ1) is 17.4. The Bertz CT molecular complexity index is 1440. The highest BCUT2D eigenvalue weighted by atomic mass is 16.5. The smallest absolute Gasteiger partial charge is 0.306 e. The van der Waals surface area contributed by atoms with Crippen LogP contribution in [-0.2, 0) is 4.79 Å². The van der Waals surface area contributed by atoms with E-state index >= 15 is 0 Å². The number of nitrogens with zero attached hydrogens (tertiary/aromatic N) is 4. The minimum Gasteiger partial charge on any atom is -0.481 e. The molecule has 4 aromatic rings. The highest BCUT2D eigenvalue weighted by Crippen LogP contribution is 2.28. The van der Waals surface area contributed by atoms with E-state index in [0.29, 0.717) is 24.5 Å². The average molecular weight is 486 g/mol. The summed E-state index contributed by atoms with van der Waals surface area (Å²) in [6.45, 7) is 6.04. The maximum absolute atomic E-state index is 11.1. The molecule has 0 amide bonds. The summed E-state index contributed by atoms with van der Waals surface area (Å²) in [4.78, 5) is 25.0. The number of ether oxygens (including phenoxy) is 1. The van der Waals surface area contributed by atoms with E-state index in [0.717, 1.165) is 51.6 Å². The number of aliphatic carboxylic acids is 1. The maximum Gasteiger partial charge on any atom is 0.306 e. The molecule has 5 rings (SSSR count). The summed E-state index contributed by atoms with van der Waals surface area (Å²) < 4.78 is 7.79. The van der Waals surface area contributed by atoms with Crippen LogP contribution in [0.1, 0.15) is 44.0 Å². The molecule has 1 aromatic carbocycles. The van der Waals surface area contributed by atoms with Gasteiger partial charge in [0, 0.05) is 29.9 Å². The summed E-state index contributed by atoms with van der Waals surface area (Å²) in [5.74, 6) is 0.249. The Morgan fingerprint density at radius 3 is 2.58 bits per heavy atom. The van der Waals surface area contributed by atoms with Crippen molar-refractivity contribution in [2.24, 2.45) is 5.92 Å². The SMILES string of the molecule is C=[N+](C)C(=CC=C(C)c1nc2cc3c[nH][nH]c3cc2n1)c1ccc(OC2CCC(C(=O)O)CC2)nc1. The Morgan fingerprint density at radius 1 is 1.17 bits per heavy atom. The van der Waals surface area contributed by atoms with Gasteiger partial charge in [0.15, 0.2) is 5.82 Å². The average Bonchev–Trinajstić information content (AvgIpc) is 3.49. The van der Waals surface area contributed by atoms with Gasteiger partial charge in [0.25, 0.3) is 0 Å². The van der Waals surface area contributed by atoms with Gasteiger partial charge < -0.3 is 20.0 Å². The highest BCUT2D eigenvalue weighted by molar-refractivity contribution is 5.93. The lowest BCUT2D eigenvalue weighted by Gasteiger charge is -2.26. The molecule has 9 heteroatoms. The standard InChI is InChI=1S/C27H28N6O3/c1-16(26-30-22-12-19-15-29-32-21(19)13-23(22)31-26)4-10-24(33(2)3)18-7-11-25(28-14-18)36-20-8-5-17(6-9-20)27(34)35/h4,7,10-15,17,20H,2,5-6,8-9H2,1,3H3,(H2-,29,30,31,32,34,35)/p+1. The van der Waals surface area contributed by atoms with Crippen LogP contribution in [0.15, 0.2) is 48.8 Å². The predicted octanol–water partition coefficient (Wildman–Crippen LogP) is 4.64. The van der Waals surface area contributed by atoms with Crippen molar-refractivity contribution in [2.45, 2.75) is 38.7 Å². The zero-order valence-electron chi connectivity index (χ0n) is 20.4. The lowest BCUT2D eigenvalue weighted by atomic mass is 9.87. The summed E-state index contributed by atoms with van der Waals surface area (Å²) in [7, 11) is 1.88. The molecule has 1 fully saturated rings. The van der Waals surface area contributed by atoms with Crippen molar-refractivity contribution in [1.82, 2.24) is 25.1 Å². The van der Waals surface area contributed by atoms with E-state index in [4.69, 9.17) is 14.8 Å². The first-order valence-corrected chi connectivity index (χ1v) is 12.0. The zero-order chi connectivity index (χ0) is 25.2. The van der Waals surface area contributed by atoms with Gasteiger partial charge in [0.05, 0.1) is 28.0 Å². The zero-order valence-corrected chi connectivity index (χ0v) is 20.4. The topological polar surface area (TPSA) is 120 Å². The third-order valence-electron chi connectivity index (χ3n) is 6.63. The number of imidazole rings is 1. The van der Waals surface area contributed by atoms with Gasteiger partial charge in [-0.1, -0.05) is 0 Å². The van der Waals surface area contributed by atoms with E-state index < -0.39 is 5.97 Å². The number of hydrogen-bond donors (Lipinski definition) is 3. The number of aromatic nitrogens is 5. The van der Waals surface area contributed by atoms with E-state index in [1.54, 1.807) is 10.8 Å². The predicted molar refractivity (Wildman–Crippen MR) is 139 cm³/mol. The van der Waals surface area contributed by atoms with Crippen molar-refractivity contribution in [3.8, 4) is 5.88 Å². The molecule has 3 aromatic heterocycles. The number of aromatic amines is 2. The van der Waals surface area contributed by atoms with Gasteiger partial charge >= 0.3 is 5.97 Å². The lowest BCUT2D eigenvalue weighted by molar-refractivity contribution is -0.385. The van der Waals surface area contributed by atoms with E-state index in [2.05, 4.69) is 26.9 Å². The molecule has 0 atom stereocenters. The molecule has 3 N–H and O–H groups in total. The number of benzene rings is 1. The Balaban J connectivity index is 1.31. The molecular formula is C27H29N6O3+. The normalized spacial score (nSPS) is 19.1. The van der Waals surface area contributed by atoms with Crippen LogP contribution in [0.5, 0.6) is 5.88 Å². The van der Waals surface area contributed by atoms with Crippen molar-refractivity contribution in [2.75, 3.05) is 7.05 Å². The summed E-state index contributed by atoms with van der Waals surface area (Å²) in [6.07, 6.45) is 10.4. The van der Waals surface area contributed by atoms with Crippen LogP contribution in [0.2, 0.25) is 0 Å². The van der Waals surface area contributed by atoms with E-state index in [1.807, 2.05) is 56.6 Å². The number of fused-ring (bicyclic) bond motifs is 2. The minimum absolute atomic E-state index is 0.00114. The van der Waals surface area contributed by atoms with Crippen molar-refractivity contribution in [1.29, 1.82) is 0 Å². The van der Waals surface area contributed by atoms with Gasteiger partial charge in [-0.05, 0) is 62.5 Å². The number of nitrogens with one attached hydrogen (secondary N) is 2. The second kappa shape index (κ2) is 9.77. The second-order valence-electron chi connectivity index (χ2n) is 9.30. The Labute approximate surface area is 208 Å². The number of H-pyrrole nitrogens is 2. The molecule has 1 aliphatic rings. The molecule has 0 unspecified atom stereocenters. The van der Waals surface area contributed by atoms with Crippen LogP contribution in [0.3, 0.4) is 0 Å².